The van der Waals surface area contributed by atoms with Gasteiger partial charge in [-0.15, -0.1) is 0 Å². The summed E-state index contributed by atoms with van der Waals surface area (Å²) in [6.45, 7) is 2.70. The van der Waals surface area contributed by atoms with Gasteiger partial charge in [-0.2, -0.15) is 0 Å². The molecule has 0 saturated heterocycles. The van der Waals surface area contributed by atoms with Crippen molar-refractivity contribution < 1.29 is 8.42 Å². The molecule has 4 nitrogen and oxygen atoms in total. The largest absolute Gasteiger partial charge is 0.320 e. The molecule has 0 amide bonds. The van der Waals surface area contributed by atoms with Crippen LogP contribution in [-0.2, 0) is 16.6 Å². The summed E-state index contributed by atoms with van der Waals surface area (Å²) >= 11 is 0. The van der Waals surface area contributed by atoms with Gasteiger partial charge in [0.2, 0.25) is 10.0 Å². The lowest BCUT2D eigenvalue weighted by atomic mass is 10.1. The lowest BCUT2D eigenvalue weighted by Gasteiger charge is -2.17. The van der Waals surface area contributed by atoms with Crippen LogP contribution in [0.15, 0.2) is 24.3 Å². The zero-order valence-electron chi connectivity index (χ0n) is 12.1. The summed E-state index contributed by atoms with van der Waals surface area (Å²) < 4.78 is 25.4. The first-order valence-electron chi connectivity index (χ1n) is 6.71. The van der Waals surface area contributed by atoms with Gasteiger partial charge < -0.3 is 5.73 Å². The molecular formula is C15H22N2O2S. The number of unbranched alkanes of at least 4 members (excludes halogenated alkanes) is 1. The molecule has 0 bridgehead atoms. The van der Waals surface area contributed by atoms with Crippen molar-refractivity contribution in [3.63, 3.8) is 0 Å². The molecule has 0 aliphatic carbocycles. The summed E-state index contributed by atoms with van der Waals surface area (Å²) in [7, 11) is -1.54. The maximum Gasteiger partial charge on any atom is 0.214 e. The summed E-state index contributed by atoms with van der Waals surface area (Å²) in [5.41, 5.74) is 7.15. The molecule has 1 rings (SSSR count). The number of hydrogen-bond acceptors (Lipinski definition) is 3. The molecule has 0 radical (unpaired) electrons. The minimum Gasteiger partial charge on any atom is -0.320 e. The fourth-order valence-electron chi connectivity index (χ4n) is 1.68. The Kier molecular flexibility index (Phi) is 6.73. The number of hydrogen-bond donors (Lipinski definition) is 1. The van der Waals surface area contributed by atoms with E-state index in [0.29, 0.717) is 19.5 Å². The van der Waals surface area contributed by atoms with Crippen molar-refractivity contribution in [3.8, 4) is 11.8 Å². The fourth-order valence-corrected chi connectivity index (χ4v) is 3.00. The van der Waals surface area contributed by atoms with Crippen LogP contribution in [0, 0.1) is 11.8 Å². The first-order valence-corrected chi connectivity index (χ1v) is 8.32. The summed E-state index contributed by atoms with van der Waals surface area (Å²) in [4.78, 5) is 0. The molecule has 0 heterocycles. The highest BCUT2D eigenvalue weighted by Crippen LogP contribution is 2.10. The van der Waals surface area contributed by atoms with Crippen LogP contribution in [0.4, 0.5) is 0 Å². The molecule has 0 aliphatic heterocycles. The van der Waals surface area contributed by atoms with Crippen molar-refractivity contribution in [3.05, 3.63) is 35.4 Å². The van der Waals surface area contributed by atoms with Gasteiger partial charge in [-0.1, -0.05) is 37.3 Å². The first-order chi connectivity index (χ1) is 9.49. The van der Waals surface area contributed by atoms with Crippen LogP contribution in [0.3, 0.4) is 0 Å². The molecule has 0 aliphatic rings. The van der Waals surface area contributed by atoms with E-state index in [1.165, 1.54) is 4.31 Å². The predicted molar refractivity (Wildman–Crippen MR) is 82.5 cm³/mol. The Morgan fingerprint density at radius 3 is 2.45 bits per heavy atom. The molecule has 5 heteroatoms. The molecule has 0 spiro atoms. The van der Waals surface area contributed by atoms with Crippen molar-refractivity contribution in [2.45, 2.75) is 26.3 Å². The summed E-state index contributed by atoms with van der Waals surface area (Å²) in [6.07, 6.45) is 1.57. The van der Waals surface area contributed by atoms with E-state index in [1.54, 1.807) is 7.05 Å². The van der Waals surface area contributed by atoms with Gasteiger partial charge in [-0.05, 0) is 24.1 Å². The summed E-state index contributed by atoms with van der Waals surface area (Å²) in [5, 5.41) is 0. The number of sulfonamides is 1. The smallest absolute Gasteiger partial charge is 0.214 e. The third-order valence-electron chi connectivity index (χ3n) is 2.92. The Labute approximate surface area is 122 Å². The first kappa shape index (κ1) is 16.7. The van der Waals surface area contributed by atoms with Crippen LogP contribution >= 0.6 is 0 Å². The average molecular weight is 294 g/mol. The standard InChI is InChI=1S/C15H22N2O2S/c1-3-4-12-20(18,19)17(2)13-15-9-7-14(8-10-15)6-5-11-16/h7-10H,3-4,11-13,16H2,1-2H3. The second-order valence-electron chi connectivity index (χ2n) is 4.63. The van der Waals surface area contributed by atoms with E-state index in [-0.39, 0.29) is 5.75 Å². The van der Waals surface area contributed by atoms with E-state index in [4.69, 9.17) is 5.73 Å². The number of nitrogens with two attached hydrogens (primary N) is 1. The third-order valence-corrected chi connectivity index (χ3v) is 4.81. The molecule has 110 valence electrons. The maximum atomic E-state index is 12.0. The van der Waals surface area contributed by atoms with Crippen LogP contribution in [0.5, 0.6) is 0 Å². The minimum absolute atomic E-state index is 0.208. The van der Waals surface area contributed by atoms with Crippen molar-refractivity contribution >= 4 is 10.0 Å². The highest BCUT2D eigenvalue weighted by Gasteiger charge is 2.16. The monoisotopic (exact) mass is 294 g/mol. The summed E-state index contributed by atoms with van der Waals surface area (Å²) in [6, 6.07) is 7.55. The van der Waals surface area contributed by atoms with E-state index in [1.807, 2.05) is 31.2 Å². The molecule has 1 aromatic rings. The van der Waals surface area contributed by atoms with Crippen LogP contribution in [0.2, 0.25) is 0 Å². The maximum absolute atomic E-state index is 12.0. The topological polar surface area (TPSA) is 63.4 Å². The molecule has 0 aromatic heterocycles. The number of rotatable bonds is 6. The van der Waals surface area contributed by atoms with Crippen molar-refractivity contribution in [2.75, 3.05) is 19.3 Å². The van der Waals surface area contributed by atoms with Crippen LogP contribution < -0.4 is 5.73 Å². The predicted octanol–water partition coefficient (Wildman–Crippen LogP) is 1.56. The number of nitrogens with zero attached hydrogens (tertiary/aromatic N) is 1. The van der Waals surface area contributed by atoms with E-state index < -0.39 is 10.0 Å². The van der Waals surface area contributed by atoms with Gasteiger partial charge in [-0.3, -0.25) is 0 Å². The minimum atomic E-state index is -3.16. The van der Waals surface area contributed by atoms with Gasteiger partial charge in [0, 0.05) is 19.2 Å². The van der Waals surface area contributed by atoms with Gasteiger partial charge in [0.25, 0.3) is 0 Å². The van der Waals surface area contributed by atoms with Gasteiger partial charge in [0.15, 0.2) is 0 Å². The molecule has 0 atom stereocenters. The number of benzene rings is 1. The zero-order chi connectivity index (χ0) is 15.0. The van der Waals surface area contributed by atoms with E-state index >= 15 is 0 Å². The second-order valence-corrected chi connectivity index (χ2v) is 6.82. The lowest BCUT2D eigenvalue weighted by molar-refractivity contribution is 0.465. The summed E-state index contributed by atoms with van der Waals surface area (Å²) in [5.74, 6) is 5.93. The highest BCUT2D eigenvalue weighted by atomic mass is 32.2. The lowest BCUT2D eigenvalue weighted by Crippen LogP contribution is -2.28. The Balaban J connectivity index is 2.68. The molecule has 0 unspecified atom stereocenters. The highest BCUT2D eigenvalue weighted by molar-refractivity contribution is 7.89. The van der Waals surface area contributed by atoms with Crippen molar-refractivity contribution in [1.29, 1.82) is 0 Å². The molecular weight excluding hydrogens is 272 g/mol. The zero-order valence-corrected chi connectivity index (χ0v) is 12.9. The fraction of sp³-hybridized carbons (Fsp3) is 0.467. The Bertz CT molecular complexity index is 568. The Hall–Kier alpha value is -1.35. The van der Waals surface area contributed by atoms with Gasteiger partial charge in [-0.25, -0.2) is 12.7 Å². The quantitative estimate of drug-likeness (QED) is 0.810. The molecule has 1 aromatic carbocycles. The van der Waals surface area contributed by atoms with Gasteiger partial charge >= 0.3 is 0 Å². The van der Waals surface area contributed by atoms with Crippen molar-refractivity contribution in [1.82, 2.24) is 4.31 Å². The Morgan fingerprint density at radius 1 is 1.25 bits per heavy atom. The van der Waals surface area contributed by atoms with Crippen LogP contribution in [-0.4, -0.2) is 32.1 Å². The van der Waals surface area contributed by atoms with Crippen LogP contribution in [0.25, 0.3) is 0 Å². The second kappa shape index (κ2) is 8.05. The molecule has 0 fully saturated rings. The van der Waals surface area contributed by atoms with Gasteiger partial charge in [0.1, 0.15) is 0 Å². The Morgan fingerprint density at radius 2 is 1.90 bits per heavy atom. The molecule has 0 saturated carbocycles. The normalized spacial score (nSPS) is 11.2. The molecule has 20 heavy (non-hydrogen) atoms. The van der Waals surface area contributed by atoms with Crippen molar-refractivity contribution in [2.24, 2.45) is 5.73 Å². The SMILES string of the molecule is CCCCS(=O)(=O)N(C)Cc1ccc(C#CCN)cc1. The van der Waals surface area contributed by atoms with E-state index in [2.05, 4.69) is 11.8 Å². The van der Waals surface area contributed by atoms with E-state index in [9.17, 15) is 8.42 Å². The molecule has 2 N–H and O–H groups in total. The van der Waals surface area contributed by atoms with Gasteiger partial charge in [0.05, 0.1) is 12.3 Å². The van der Waals surface area contributed by atoms with E-state index in [0.717, 1.165) is 17.5 Å². The average Bonchev–Trinajstić information content (AvgIpc) is 2.44. The third kappa shape index (κ3) is 5.33. The van der Waals surface area contributed by atoms with Crippen LogP contribution in [0.1, 0.15) is 30.9 Å².